The van der Waals surface area contributed by atoms with Crippen LogP contribution in [0.25, 0.3) is 0 Å². The van der Waals surface area contributed by atoms with Crippen LogP contribution in [0.4, 0.5) is 17.6 Å². The Morgan fingerprint density at radius 2 is 1.82 bits per heavy atom. The molecule has 3 rings (SSSR count). The molecule has 0 spiro atoms. The van der Waals surface area contributed by atoms with Gasteiger partial charge in [-0.15, -0.1) is 0 Å². The quantitative estimate of drug-likeness (QED) is 0.534. The third-order valence-corrected chi connectivity index (χ3v) is 5.11. The van der Waals surface area contributed by atoms with Gasteiger partial charge in [0.15, 0.2) is 0 Å². The molecule has 1 fully saturated rings. The van der Waals surface area contributed by atoms with E-state index >= 15 is 0 Å². The first kappa shape index (κ1) is 20.3. The number of benzene rings is 2. The van der Waals surface area contributed by atoms with E-state index in [0.717, 1.165) is 37.1 Å². The number of alkyl halides is 3. The summed E-state index contributed by atoms with van der Waals surface area (Å²) in [5, 5.41) is 0. The molecule has 2 atom stereocenters. The van der Waals surface area contributed by atoms with Gasteiger partial charge < -0.3 is 4.74 Å². The summed E-state index contributed by atoms with van der Waals surface area (Å²) >= 11 is 0. The van der Waals surface area contributed by atoms with Crippen LogP contribution in [0, 0.1) is 11.7 Å². The van der Waals surface area contributed by atoms with Crippen LogP contribution in [0.3, 0.4) is 0 Å². The molecule has 2 aromatic rings. The van der Waals surface area contributed by atoms with Gasteiger partial charge >= 0.3 is 12.1 Å². The van der Waals surface area contributed by atoms with Crippen LogP contribution in [0.1, 0.15) is 40.4 Å². The molecule has 28 heavy (non-hydrogen) atoms. The van der Waals surface area contributed by atoms with Crippen molar-refractivity contribution in [3.05, 3.63) is 71.0 Å². The Balaban J connectivity index is 1.74. The van der Waals surface area contributed by atoms with E-state index in [1.807, 2.05) is 11.9 Å². The van der Waals surface area contributed by atoms with Crippen molar-refractivity contribution in [3.8, 4) is 0 Å². The first-order chi connectivity index (χ1) is 13.3. The second-order valence-electron chi connectivity index (χ2n) is 7.03. The SMILES string of the molecule is CN1CCCC(COC(=O)c2ccccc2F)C1c1ccc(C(F)(F)F)cc1. The first-order valence-corrected chi connectivity index (χ1v) is 9.06. The number of likely N-dealkylation sites (tertiary alicyclic amines) is 1. The molecule has 0 N–H and O–H groups in total. The zero-order chi connectivity index (χ0) is 20.3. The molecule has 0 aromatic heterocycles. The number of ether oxygens (including phenoxy) is 1. The maximum Gasteiger partial charge on any atom is 0.416 e. The average molecular weight is 395 g/mol. The summed E-state index contributed by atoms with van der Waals surface area (Å²) in [6, 6.07) is 10.5. The van der Waals surface area contributed by atoms with Crippen LogP contribution >= 0.6 is 0 Å². The highest BCUT2D eigenvalue weighted by Crippen LogP contribution is 2.37. The lowest BCUT2D eigenvalue weighted by Crippen LogP contribution is -2.38. The molecule has 0 aliphatic carbocycles. The zero-order valence-electron chi connectivity index (χ0n) is 15.4. The molecule has 1 heterocycles. The van der Waals surface area contributed by atoms with E-state index in [1.54, 1.807) is 6.07 Å². The van der Waals surface area contributed by atoms with E-state index in [4.69, 9.17) is 4.74 Å². The van der Waals surface area contributed by atoms with Gasteiger partial charge in [0, 0.05) is 12.0 Å². The van der Waals surface area contributed by atoms with Gasteiger partial charge in [0.2, 0.25) is 0 Å². The van der Waals surface area contributed by atoms with Crippen molar-refractivity contribution in [2.75, 3.05) is 20.2 Å². The average Bonchev–Trinajstić information content (AvgIpc) is 2.66. The van der Waals surface area contributed by atoms with Gasteiger partial charge in [0.25, 0.3) is 0 Å². The minimum Gasteiger partial charge on any atom is -0.462 e. The van der Waals surface area contributed by atoms with Gasteiger partial charge in [0.1, 0.15) is 5.82 Å². The van der Waals surface area contributed by atoms with Crippen molar-refractivity contribution < 1.29 is 27.1 Å². The molecular formula is C21H21F4NO2. The first-order valence-electron chi connectivity index (χ1n) is 9.06. The zero-order valence-corrected chi connectivity index (χ0v) is 15.4. The smallest absolute Gasteiger partial charge is 0.416 e. The van der Waals surface area contributed by atoms with Crippen LogP contribution < -0.4 is 0 Å². The fourth-order valence-corrected chi connectivity index (χ4v) is 3.72. The molecule has 0 radical (unpaired) electrons. The summed E-state index contributed by atoms with van der Waals surface area (Å²) in [6.45, 7) is 0.868. The molecule has 1 aliphatic heterocycles. The Kier molecular flexibility index (Phi) is 6.03. The summed E-state index contributed by atoms with van der Waals surface area (Å²) in [5.41, 5.74) is -0.0860. The van der Waals surface area contributed by atoms with E-state index in [-0.39, 0.29) is 24.1 Å². The highest BCUT2D eigenvalue weighted by atomic mass is 19.4. The number of nitrogens with zero attached hydrogens (tertiary/aromatic N) is 1. The topological polar surface area (TPSA) is 29.5 Å². The van der Waals surface area contributed by atoms with Gasteiger partial charge in [0.05, 0.1) is 17.7 Å². The Morgan fingerprint density at radius 1 is 1.14 bits per heavy atom. The van der Waals surface area contributed by atoms with Crippen molar-refractivity contribution in [3.63, 3.8) is 0 Å². The van der Waals surface area contributed by atoms with Crippen molar-refractivity contribution in [1.82, 2.24) is 4.90 Å². The van der Waals surface area contributed by atoms with Crippen molar-refractivity contribution in [1.29, 1.82) is 0 Å². The summed E-state index contributed by atoms with van der Waals surface area (Å²) < 4.78 is 57.5. The predicted octanol–water partition coefficient (Wildman–Crippen LogP) is 5.08. The third-order valence-electron chi connectivity index (χ3n) is 5.11. The predicted molar refractivity (Wildman–Crippen MR) is 96.2 cm³/mol. The lowest BCUT2D eigenvalue weighted by atomic mass is 9.85. The van der Waals surface area contributed by atoms with E-state index in [2.05, 4.69) is 0 Å². The molecule has 2 unspecified atom stereocenters. The van der Waals surface area contributed by atoms with Crippen LogP contribution in [-0.2, 0) is 10.9 Å². The molecule has 1 aliphatic rings. The highest BCUT2D eigenvalue weighted by molar-refractivity contribution is 5.89. The van der Waals surface area contributed by atoms with Crippen LogP contribution in [0.5, 0.6) is 0 Å². The van der Waals surface area contributed by atoms with Crippen LogP contribution in [0.15, 0.2) is 48.5 Å². The number of esters is 1. The second kappa shape index (κ2) is 8.31. The fourth-order valence-electron chi connectivity index (χ4n) is 3.72. The molecule has 3 nitrogen and oxygen atoms in total. The fraction of sp³-hybridized carbons (Fsp3) is 0.381. The normalized spacial score (nSPS) is 20.8. The lowest BCUT2D eigenvalue weighted by molar-refractivity contribution is -0.137. The molecule has 2 aromatic carbocycles. The number of hydrogen-bond acceptors (Lipinski definition) is 3. The number of carbonyl (C=O) groups is 1. The van der Waals surface area contributed by atoms with Crippen molar-refractivity contribution >= 4 is 5.97 Å². The molecule has 1 saturated heterocycles. The van der Waals surface area contributed by atoms with E-state index in [0.29, 0.717) is 0 Å². The summed E-state index contributed by atoms with van der Waals surface area (Å²) in [6.07, 6.45) is -2.73. The minimum atomic E-state index is -4.38. The van der Waals surface area contributed by atoms with Crippen LogP contribution in [0.2, 0.25) is 0 Å². The van der Waals surface area contributed by atoms with Crippen LogP contribution in [-0.4, -0.2) is 31.1 Å². The lowest BCUT2D eigenvalue weighted by Gasteiger charge is -2.39. The van der Waals surface area contributed by atoms with E-state index in [1.165, 1.54) is 30.3 Å². The molecule has 7 heteroatoms. The molecular weight excluding hydrogens is 374 g/mol. The molecule has 150 valence electrons. The maximum atomic E-state index is 13.7. The largest absolute Gasteiger partial charge is 0.462 e. The Labute approximate surface area is 160 Å². The molecule has 0 bridgehead atoms. The van der Waals surface area contributed by atoms with E-state index in [9.17, 15) is 22.4 Å². The second-order valence-corrected chi connectivity index (χ2v) is 7.03. The number of hydrogen-bond donors (Lipinski definition) is 0. The van der Waals surface area contributed by atoms with Gasteiger partial charge in [-0.05, 0) is 56.3 Å². The number of carbonyl (C=O) groups excluding carboxylic acids is 1. The van der Waals surface area contributed by atoms with E-state index < -0.39 is 23.5 Å². The Bertz CT molecular complexity index is 820. The summed E-state index contributed by atoms with van der Waals surface area (Å²) in [7, 11) is 1.90. The number of rotatable bonds is 4. The Hall–Kier alpha value is -2.41. The number of halogens is 4. The van der Waals surface area contributed by atoms with Gasteiger partial charge in [-0.3, -0.25) is 4.90 Å². The highest BCUT2D eigenvalue weighted by Gasteiger charge is 2.34. The maximum absolute atomic E-state index is 13.7. The third kappa shape index (κ3) is 4.52. The molecule has 0 amide bonds. The van der Waals surface area contributed by atoms with Gasteiger partial charge in [-0.25, -0.2) is 9.18 Å². The van der Waals surface area contributed by atoms with Gasteiger partial charge in [-0.1, -0.05) is 24.3 Å². The summed E-state index contributed by atoms with van der Waals surface area (Å²) in [4.78, 5) is 14.2. The minimum absolute atomic E-state index is 0.0726. The Morgan fingerprint density at radius 3 is 2.46 bits per heavy atom. The monoisotopic (exact) mass is 395 g/mol. The summed E-state index contributed by atoms with van der Waals surface area (Å²) in [5.74, 6) is -1.48. The molecule has 0 saturated carbocycles. The van der Waals surface area contributed by atoms with Crippen molar-refractivity contribution in [2.24, 2.45) is 5.92 Å². The standard InChI is InChI=1S/C21H21F4NO2/c1-26-12-4-5-15(13-28-20(27)17-6-2-3-7-18(17)22)19(26)14-8-10-16(11-9-14)21(23,24)25/h2-3,6-11,15,19H,4-5,12-13H2,1H3. The number of piperidine rings is 1. The van der Waals surface area contributed by atoms with Crippen molar-refractivity contribution in [2.45, 2.75) is 25.1 Å². The van der Waals surface area contributed by atoms with Gasteiger partial charge in [-0.2, -0.15) is 13.2 Å².